The van der Waals surface area contributed by atoms with Crippen LogP contribution in [0.15, 0.2) is 24.3 Å². The van der Waals surface area contributed by atoms with Crippen molar-refractivity contribution in [2.75, 3.05) is 0 Å². The van der Waals surface area contributed by atoms with Crippen molar-refractivity contribution < 1.29 is 14.7 Å². The molecule has 1 aromatic carbocycles. The van der Waals surface area contributed by atoms with Gasteiger partial charge in [-0.05, 0) is 6.07 Å². The summed E-state index contributed by atoms with van der Waals surface area (Å²) in [7, 11) is 0. The lowest BCUT2D eigenvalue weighted by atomic mass is 9.93. The van der Waals surface area contributed by atoms with E-state index in [1.807, 2.05) is 6.07 Å². The Morgan fingerprint density at radius 3 is 2.62 bits per heavy atom. The summed E-state index contributed by atoms with van der Waals surface area (Å²) in [5.74, 6) is -1.94. The summed E-state index contributed by atoms with van der Waals surface area (Å²) in [5, 5.41) is 17.4. The Kier molecular flexibility index (Phi) is 3.78. The summed E-state index contributed by atoms with van der Waals surface area (Å²) in [5.41, 5.74) is 0.573. The van der Waals surface area contributed by atoms with Crippen LogP contribution in [0.3, 0.4) is 0 Å². The standard InChI is InChI=1S/C12H11NO3/c1-8(6-11(14)15)12(16)10-5-3-2-4-9(10)7-13/h2-5,8H,6H2,1H3,(H,14,15). The first kappa shape index (κ1) is 11.9. The maximum Gasteiger partial charge on any atom is 0.304 e. The number of nitrogens with zero attached hydrogens (tertiary/aromatic N) is 1. The fourth-order valence-corrected chi connectivity index (χ4v) is 1.42. The fourth-order valence-electron chi connectivity index (χ4n) is 1.42. The van der Waals surface area contributed by atoms with Crippen molar-refractivity contribution in [3.05, 3.63) is 35.4 Å². The van der Waals surface area contributed by atoms with Crippen LogP contribution in [0.4, 0.5) is 0 Å². The molecule has 1 atom stereocenters. The molecule has 0 fully saturated rings. The zero-order valence-corrected chi connectivity index (χ0v) is 8.80. The van der Waals surface area contributed by atoms with Crippen molar-refractivity contribution >= 4 is 11.8 Å². The van der Waals surface area contributed by atoms with Gasteiger partial charge in [0.25, 0.3) is 0 Å². The molecule has 0 aliphatic heterocycles. The Balaban J connectivity index is 2.97. The van der Waals surface area contributed by atoms with E-state index >= 15 is 0 Å². The minimum Gasteiger partial charge on any atom is -0.481 e. The van der Waals surface area contributed by atoms with Gasteiger partial charge < -0.3 is 5.11 Å². The van der Waals surface area contributed by atoms with Crippen LogP contribution in [-0.4, -0.2) is 16.9 Å². The van der Waals surface area contributed by atoms with Crippen molar-refractivity contribution in [3.8, 4) is 6.07 Å². The zero-order chi connectivity index (χ0) is 12.1. The number of ketones is 1. The summed E-state index contributed by atoms with van der Waals surface area (Å²) in [6.07, 6.45) is -0.224. The zero-order valence-electron chi connectivity index (χ0n) is 8.80. The molecule has 0 bridgehead atoms. The SMILES string of the molecule is CC(CC(=O)O)C(=O)c1ccccc1C#N. The predicted molar refractivity (Wildman–Crippen MR) is 56.9 cm³/mol. The van der Waals surface area contributed by atoms with E-state index in [2.05, 4.69) is 0 Å². The molecule has 0 heterocycles. The van der Waals surface area contributed by atoms with Gasteiger partial charge in [0.05, 0.1) is 18.1 Å². The van der Waals surface area contributed by atoms with Crippen molar-refractivity contribution in [3.63, 3.8) is 0 Å². The van der Waals surface area contributed by atoms with E-state index in [0.717, 1.165) is 0 Å². The van der Waals surface area contributed by atoms with Crippen LogP contribution in [0, 0.1) is 17.2 Å². The molecule has 16 heavy (non-hydrogen) atoms. The van der Waals surface area contributed by atoms with Gasteiger partial charge in [-0.3, -0.25) is 9.59 Å². The normalized spacial score (nSPS) is 11.5. The number of carbonyl (C=O) groups is 2. The first-order chi connectivity index (χ1) is 7.56. The van der Waals surface area contributed by atoms with Gasteiger partial charge in [0.2, 0.25) is 0 Å². The largest absolute Gasteiger partial charge is 0.481 e. The highest BCUT2D eigenvalue weighted by Gasteiger charge is 2.20. The van der Waals surface area contributed by atoms with Gasteiger partial charge in [-0.2, -0.15) is 5.26 Å². The third kappa shape index (κ3) is 2.67. The Morgan fingerprint density at radius 2 is 2.06 bits per heavy atom. The van der Waals surface area contributed by atoms with Crippen LogP contribution in [0.1, 0.15) is 29.3 Å². The highest BCUT2D eigenvalue weighted by Crippen LogP contribution is 2.15. The van der Waals surface area contributed by atoms with E-state index in [1.54, 1.807) is 31.2 Å². The molecule has 1 unspecified atom stereocenters. The van der Waals surface area contributed by atoms with Crippen molar-refractivity contribution in [2.24, 2.45) is 5.92 Å². The summed E-state index contributed by atoms with van der Waals surface area (Å²) >= 11 is 0. The first-order valence-corrected chi connectivity index (χ1v) is 4.81. The minimum atomic E-state index is -1.02. The number of aliphatic carboxylic acids is 1. The van der Waals surface area contributed by atoms with E-state index in [0.29, 0.717) is 5.56 Å². The number of hydrogen-bond donors (Lipinski definition) is 1. The number of carboxylic acids is 1. The molecular weight excluding hydrogens is 206 g/mol. The van der Waals surface area contributed by atoms with Gasteiger partial charge >= 0.3 is 5.97 Å². The number of rotatable bonds is 4. The van der Waals surface area contributed by atoms with Crippen LogP contribution in [-0.2, 0) is 4.79 Å². The minimum absolute atomic E-state index is 0.224. The molecule has 0 radical (unpaired) electrons. The number of carbonyl (C=O) groups excluding carboxylic acids is 1. The molecule has 1 N–H and O–H groups in total. The lowest BCUT2D eigenvalue weighted by Gasteiger charge is -2.08. The van der Waals surface area contributed by atoms with Crippen molar-refractivity contribution in [2.45, 2.75) is 13.3 Å². The Bertz CT molecular complexity index is 460. The third-order valence-corrected chi connectivity index (χ3v) is 2.24. The van der Waals surface area contributed by atoms with Gasteiger partial charge in [-0.15, -0.1) is 0 Å². The Hall–Kier alpha value is -2.15. The molecule has 0 aliphatic carbocycles. The summed E-state index contributed by atoms with van der Waals surface area (Å²) in [6.45, 7) is 1.55. The second-order valence-corrected chi connectivity index (χ2v) is 3.52. The summed E-state index contributed by atoms with van der Waals surface area (Å²) in [4.78, 5) is 22.3. The molecule has 0 saturated carbocycles. The predicted octanol–water partition coefficient (Wildman–Crippen LogP) is 1.85. The molecule has 1 rings (SSSR count). The average Bonchev–Trinajstić information content (AvgIpc) is 2.27. The van der Waals surface area contributed by atoms with Gasteiger partial charge in [0, 0.05) is 11.5 Å². The molecule has 1 aromatic rings. The molecule has 82 valence electrons. The molecule has 4 nitrogen and oxygen atoms in total. The summed E-state index contributed by atoms with van der Waals surface area (Å²) < 4.78 is 0. The van der Waals surface area contributed by atoms with Gasteiger partial charge in [0.1, 0.15) is 0 Å². The molecule has 4 heteroatoms. The lowest BCUT2D eigenvalue weighted by Crippen LogP contribution is -2.16. The monoisotopic (exact) mass is 217 g/mol. The van der Waals surface area contributed by atoms with Crippen LogP contribution in [0.5, 0.6) is 0 Å². The van der Waals surface area contributed by atoms with Crippen molar-refractivity contribution in [1.29, 1.82) is 5.26 Å². The number of hydrogen-bond acceptors (Lipinski definition) is 3. The lowest BCUT2D eigenvalue weighted by molar-refractivity contribution is -0.137. The second-order valence-electron chi connectivity index (χ2n) is 3.52. The number of Topliss-reactive ketones (excluding diaryl/α,β-unsaturated/α-hetero) is 1. The van der Waals surface area contributed by atoms with Crippen LogP contribution >= 0.6 is 0 Å². The van der Waals surface area contributed by atoms with Gasteiger partial charge in [0.15, 0.2) is 5.78 Å². The second kappa shape index (κ2) is 5.08. The molecule has 0 aromatic heterocycles. The number of benzene rings is 1. The highest BCUT2D eigenvalue weighted by atomic mass is 16.4. The third-order valence-electron chi connectivity index (χ3n) is 2.24. The first-order valence-electron chi connectivity index (χ1n) is 4.81. The fraction of sp³-hybridized carbons (Fsp3) is 0.250. The smallest absolute Gasteiger partial charge is 0.304 e. The molecule has 0 spiro atoms. The maximum atomic E-state index is 11.8. The van der Waals surface area contributed by atoms with Crippen LogP contribution < -0.4 is 0 Å². The van der Waals surface area contributed by atoms with E-state index in [9.17, 15) is 9.59 Å². The molecule has 0 aliphatic rings. The molecule has 0 amide bonds. The quantitative estimate of drug-likeness (QED) is 0.780. The van der Waals surface area contributed by atoms with E-state index in [-0.39, 0.29) is 17.8 Å². The van der Waals surface area contributed by atoms with E-state index < -0.39 is 11.9 Å². The molecular formula is C12H11NO3. The van der Waals surface area contributed by atoms with Gasteiger partial charge in [-0.1, -0.05) is 25.1 Å². The number of carboxylic acid groups (broad SMARTS) is 1. The summed E-state index contributed by atoms with van der Waals surface area (Å²) in [6, 6.07) is 8.32. The molecule has 0 saturated heterocycles. The van der Waals surface area contributed by atoms with E-state index in [4.69, 9.17) is 10.4 Å². The van der Waals surface area contributed by atoms with Crippen LogP contribution in [0.25, 0.3) is 0 Å². The van der Waals surface area contributed by atoms with E-state index in [1.165, 1.54) is 0 Å². The van der Waals surface area contributed by atoms with Crippen LogP contribution in [0.2, 0.25) is 0 Å². The maximum absolute atomic E-state index is 11.8. The highest BCUT2D eigenvalue weighted by molar-refractivity contribution is 6.01. The van der Waals surface area contributed by atoms with Gasteiger partial charge in [-0.25, -0.2) is 0 Å². The Morgan fingerprint density at radius 1 is 1.44 bits per heavy atom. The topological polar surface area (TPSA) is 78.2 Å². The number of nitriles is 1. The average molecular weight is 217 g/mol. The van der Waals surface area contributed by atoms with Crippen molar-refractivity contribution in [1.82, 2.24) is 0 Å². The Labute approximate surface area is 93.1 Å².